The molecule has 0 saturated heterocycles. The molecule has 2 atom stereocenters. The maximum Gasteiger partial charge on any atom is 0.422 e. The molecule has 9 nitrogen and oxygen atoms in total. The molecule has 0 aliphatic heterocycles. The molecule has 224 valence electrons. The first-order chi connectivity index (χ1) is 18.4. The van der Waals surface area contributed by atoms with Crippen LogP contribution in [0.4, 0.5) is 13.2 Å². The molecule has 5 N–H and O–H groups in total. The van der Waals surface area contributed by atoms with Crippen molar-refractivity contribution in [2.75, 3.05) is 13.7 Å². The second-order valence-corrected chi connectivity index (χ2v) is 10.9. The van der Waals surface area contributed by atoms with Crippen LogP contribution in [0.3, 0.4) is 0 Å². The minimum absolute atomic E-state index is 0.0329. The summed E-state index contributed by atoms with van der Waals surface area (Å²) in [6.45, 7) is 10.3. The van der Waals surface area contributed by atoms with E-state index >= 15 is 0 Å². The molecule has 1 aromatic heterocycles. The van der Waals surface area contributed by atoms with Gasteiger partial charge in [-0.25, -0.2) is 10.6 Å². The summed E-state index contributed by atoms with van der Waals surface area (Å²) >= 11 is 0. The molecule has 1 aromatic rings. The van der Waals surface area contributed by atoms with Crippen LogP contribution in [0.5, 0.6) is 5.75 Å². The average Bonchev–Trinajstić information content (AvgIpc) is 2.87. The van der Waals surface area contributed by atoms with Crippen LogP contribution < -0.4 is 21.6 Å². The number of hydrogen-bond acceptors (Lipinski definition) is 8. The number of carbonyl (C=O) groups is 2. The third-order valence-corrected chi connectivity index (χ3v) is 6.21. The Morgan fingerprint density at radius 3 is 2.33 bits per heavy atom. The van der Waals surface area contributed by atoms with Crippen LogP contribution in [-0.2, 0) is 14.3 Å². The fourth-order valence-corrected chi connectivity index (χ4v) is 3.52. The highest BCUT2D eigenvalue weighted by atomic mass is 19.4. The quantitative estimate of drug-likeness (QED) is 0.222. The maximum absolute atomic E-state index is 12.3. The molecule has 0 saturated carbocycles. The number of ether oxygens (including phenoxy) is 2. The lowest BCUT2D eigenvalue weighted by molar-refractivity contribution is -0.153. The van der Waals surface area contributed by atoms with E-state index in [1.54, 1.807) is 26.8 Å². The minimum Gasteiger partial charge on any atom is -0.483 e. The zero-order valence-corrected chi connectivity index (χ0v) is 24.2. The van der Waals surface area contributed by atoms with E-state index in [-0.39, 0.29) is 29.5 Å². The summed E-state index contributed by atoms with van der Waals surface area (Å²) < 4.78 is 45.7. The van der Waals surface area contributed by atoms with Gasteiger partial charge in [-0.05, 0) is 56.2 Å². The Labute approximate surface area is 234 Å². The predicted octanol–water partition coefficient (Wildman–Crippen LogP) is 4.68. The third kappa shape index (κ3) is 11.7. The highest BCUT2D eigenvalue weighted by Crippen LogP contribution is 2.33. The molecule has 0 aromatic carbocycles. The minimum atomic E-state index is -4.39. The Hall–Kier alpha value is -3.54. The van der Waals surface area contributed by atoms with Gasteiger partial charge < -0.3 is 25.5 Å². The number of hydrogen-bond donors (Lipinski definition) is 3. The van der Waals surface area contributed by atoms with E-state index in [4.69, 9.17) is 11.6 Å². The highest BCUT2D eigenvalue weighted by Gasteiger charge is 2.32. The number of methoxy groups -OCH3 is 1. The number of allylic oxidation sites excluding steroid dienone is 3. The van der Waals surface area contributed by atoms with E-state index in [1.807, 2.05) is 6.08 Å². The lowest BCUT2D eigenvalue weighted by atomic mass is 9.76. The van der Waals surface area contributed by atoms with Crippen molar-refractivity contribution in [2.45, 2.75) is 72.1 Å². The van der Waals surface area contributed by atoms with Crippen LogP contribution in [0.1, 0.15) is 66.1 Å². The molecule has 0 bridgehead atoms. The van der Waals surface area contributed by atoms with Crippen LogP contribution in [0, 0.1) is 11.3 Å². The molecule has 2 unspecified atom stereocenters. The smallest absolute Gasteiger partial charge is 0.422 e. The number of rotatable bonds is 9. The number of nitrogens with two attached hydrogens (primary N) is 2. The van der Waals surface area contributed by atoms with Crippen molar-refractivity contribution >= 4 is 11.9 Å². The van der Waals surface area contributed by atoms with Gasteiger partial charge in [-0.1, -0.05) is 39.0 Å². The summed E-state index contributed by atoms with van der Waals surface area (Å²) in [5.41, 5.74) is 5.94. The zero-order valence-electron chi connectivity index (χ0n) is 24.2. The van der Waals surface area contributed by atoms with Gasteiger partial charge in [-0.15, -0.1) is 0 Å². The van der Waals surface area contributed by atoms with Gasteiger partial charge in [0.15, 0.2) is 6.61 Å². The van der Waals surface area contributed by atoms with Crippen molar-refractivity contribution in [1.29, 1.82) is 0 Å². The molecule has 40 heavy (non-hydrogen) atoms. The molecule has 1 aliphatic rings. The van der Waals surface area contributed by atoms with Gasteiger partial charge in [0.25, 0.3) is 0 Å². The first-order valence-electron chi connectivity index (χ1n) is 12.7. The van der Waals surface area contributed by atoms with Crippen molar-refractivity contribution < 1.29 is 32.2 Å². The summed E-state index contributed by atoms with van der Waals surface area (Å²) in [7, 11) is 1.31. The van der Waals surface area contributed by atoms with Gasteiger partial charge >= 0.3 is 12.1 Å². The number of nitrogens with zero attached hydrogens (tertiary/aromatic N) is 2. The van der Waals surface area contributed by atoms with Crippen LogP contribution in [0.25, 0.3) is 0 Å². The van der Waals surface area contributed by atoms with Crippen molar-refractivity contribution in [1.82, 2.24) is 15.3 Å². The molecule has 0 spiro atoms. The Morgan fingerprint density at radius 2 is 1.88 bits per heavy atom. The average molecular weight is 570 g/mol. The molecule has 2 rings (SSSR count). The van der Waals surface area contributed by atoms with Crippen LogP contribution >= 0.6 is 0 Å². The lowest BCUT2D eigenvalue weighted by Crippen LogP contribution is -2.51. The number of nitrogens with one attached hydrogen (secondary N) is 1. The topological polar surface area (TPSA) is 133 Å². The molecule has 0 radical (unpaired) electrons. The second kappa shape index (κ2) is 14.7. The normalized spacial score (nSPS) is 16.4. The molecular formula is C28H42F3N5O4. The van der Waals surface area contributed by atoms with E-state index in [2.05, 4.69) is 52.7 Å². The van der Waals surface area contributed by atoms with E-state index < -0.39 is 24.3 Å². The molecular weight excluding hydrogens is 527 g/mol. The van der Waals surface area contributed by atoms with Crippen molar-refractivity contribution in [2.24, 2.45) is 22.9 Å². The van der Waals surface area contributed by atoms with E-state index in [0.29, 0.717) is 11.6 Å². The number of hydrazine groups is 1. The third-order valence-electron chi connectivity index (χ3n) is 6.21. The highest BCUT2D eigenvalue weighted by molar-refractivity contribution is 5.80. The number of amides is 1. The fourth-order valence-electron chi connectivity index (χ4n) is 3.52. The summed E-state index contributed by atoms with van der Waals surface area (Å²) in [5, 5.41) is 4.06. The van der Waals surface area contributed by atoms with Gasteiger partial charge in [0.05, 0.1) is 31.5 Å². The summed E-state index contributed by atoms with van der Waals surface area (Å²) in [4.78, 5) is 27.5. The molecule has 12 heteroatoms. The van der Waals surface area contributed by atoms with Crippen molar-refractivity contribution in [3.8, 4) is 5.75 Å². The van der Waals surface area contributed by atoms with Gasteiger partial charge in [-0.3, -0.25) is 9.78 Å². The molecule has 1 amide bonds. The second-order valence-electron chi connectivity index (χ2n) is 10.9. The SMILES string of the molecule is CC(NC(=O)CC1=CCC(C(C)(C)C)C=C1)c1ccc(OCC(F)(F)F)cn1.COC(=O)C(C)(C)N(N)/C=C\N. The lowest BCUT2D eigenvalue weighted by Gasteiger charge is -2.30. The number of carbonyl (C=O) groups excluding carboxylic acids is 2. The fraction of sp³-hybridized carbons (Fsp3) is 0.536. The van der Waals surface area contributed by atoms with E-state index in [0.717, 1.165) is 12.0 Å². The summed E-state index contributed by atoms with van der Waals surface area (Å²) in [6, 6.07) is 2.60. The van der Waals surface area contributed by atoms with Crippen LogP contribution in [0.15, 0.2) is 54.5 Å². The monoisotopic (exact) mass is 569 g/mol. The van der Waals surface area contributed by atoms with Gasteiger partial charge in [0.2, 0.25) is 5.91 Å². The first-order valence-corrected chi connectivity index (χ1v) is 12.7. The largest absolute Gasteiger partial charge is 0.483 e. The van der Waals surface area contributed by atoms with Crippen LogP contribution in [-0.4, -0.2) is 47.3 Å². The van der Waals surface area contributed by atoms with Crippen molar-refractivity contribution in [3.63, 3.8) is 0 Å². The summed E-state index contributed by atoms with van der Waals surface area (Å²) in [5.74, 6) is 5.45. The van der Waals surface area contributed by atoms with Gasteiger partial charge in [0, 0.05) is 12.4 Å². The van der Waals surface area contributed by atoms with Crippen LogP contribution in [0.2, 0.25) is 0 Å². The Morgan fingerprint density at radius 1 is 1.23 bits per heavy atom. The molecule has 0 fully saturated rings. The Balaban J connectivity index is 0.000000562. The van der Waals surface area contributed by atoms with Gasteiger partial charge in [0.1, 0.15) is 11.3 Å². The zero-order chi connectivity index (χ0) is 30.7. The number of esters is 1. The first kappa shape index (κ1) is 34.5. The van der Waals surface area contributed by atoms with Gasteiger partial charge in [-0.2, -0.15) is 13.2 Å². The number of pyridine rings is 1. The number of alkyl halides is 3. The molecule has 1 aliphatic carbocycles. The Kier molecular flexibility index (Phi) is 12.7. The number of halogens is 3. The molecule has 1 heterocycles. The standard InChI is InChI=1S/C21H27F3N2O2.C7H15N3O2/c1-14(18-10-9-17(12-25-18)28-13-21(22,23)24)26-19(27)11-15-5-7-16(8-6-15)20(2,3)4;1-7(2,6(11)12-3)10(9)5-4-8/h5-7,9-10,12,14,16H,8,11,13H2,1-4H3,(H,26,27);4-5H,8-9H2,1-3H3/b;5-4-. The summed E-state index contributed by atoms with van der Waals surface area (Å²) in [6.07, 6.45) is 6.95. The van der Waals surface area contributed by atoms with E-state index in [1.165, 1.54) is 36.8 Å². The predicted molar refractivity (Wildman–Crippen MR) is 147 cm³/mol. The van der Waals surface area contributed by atoms with E-state index in [9.17, 15) is 22.8 Å². The Bertz CT molecular complexity index is 1060. The number of aromatic nitrogens is 1. The maximum atomic E-state index is 12.3. The van der Waals surface area contributed by atoms with Crippen molar-refractivity contribution in [3.05, 3.63) is 60.2 Å².